The second-order valence-electron chi connectivity index (χ2n) is 6.52. The Morgan fingerprint density at radius 2 is 1.97 bits per heavy atom. The van der Waals surface area contributed by atoms with Gasteiger partial charge in [-0.2, -0.15) is 0 Å². The number of hydrogen-bond acceptors (Lipinski definition) is 6. The highest BCUT2D eigenvalue weighted by Gasteiger charge is 2.16. The molecule has 0 saturated carbocycles. The summed E-state index contributed by atoms with van der Waals surface area (Å²) >= 11 is 5.99. The molecule has 1 aromatic carbocycles. The topological polar surface area (TPSA) is 118 Å². The van der Waals surface area contributed by atoms with E-state index in [1.807, 2.05) is 0 Å². The van der Waals surface area contributed by atoms with Gasteiger partial charge in [-0.25, -0.2) is 19.0 Å². The maximum absolute atomic E-state index is 13.1. The summed E-state index contributed by atoms with van der Waals surface area (Å²) < 4.78 is 24.7. The largest absolute Gasteiger partial charge is 0.488 e. The van der Waals surface area contributed by atoms with Gasteiger partial charge in [0.15, 0.2) is 5.75 Å². The summed E-state index contributed by atoms with van der Waals surface area (Å²) in [5.74, 6) is -1.23. The number of carboxylic acids is 2. The molecule has 0 unspecified atom stereocenters. The molecule has 0 amide bonds. The fourth-order valence-electron chi connectivity index (χ4n) is 2.64. The van der Waals surface area contributed by atoms with Gasteiger partial charge in [-0.05, 0) is 49.7 Å². The molecule has 0 spiro atoms. The van der Waals surface area contributed by atoms with Gasteiger partial charge in [-0.15, -0.1) is 0 Å². The van der Waals surface area contributed by atoms with Gasteiger partial charge in [0.25, 0.3) is 5.88 Å². The molecule has 31 heavy (non-hydrogen) atoms. The minimum atomic E-state index is -1.26. The summed E-state index contributed by atoms with van der Waals surface area (Å²) in [6, 6.07) is 7.55. The summed E-state index contributed by atoms with van der Waals surface area (Å²) in [6.07, 6.45) is 5.04. The molecule has 8 nitrogen and oxygen atoms in total. The zero-order chi connectivity index (χ0) is 22.6. The lowest BCUT2D eigenvalue weighted by Crippen LogP contribution is -2.33. The van der Waals surface area contributed by atoms with E-state index < -0.39 is 17.8 Å². The van der Waals surface area contributed by atoms with Crippen LogP contribution < -0.4 is 14.8 Å². The Labute approximate surface area is 183 Å². The van der Waals surface area contributed by atoms with E-state index in [0.29, 0.717) is 42.1 Å². The number of nitrogens with one attached hydrogen (secondary N) is 1. The van der Waals surface area contributed by atoms with Crippen LogP contribution in [0.5, 0.6) is 17.4 Å². The molecule has 1 saturated heterocycles. The third-order valence-electron chi connectivity index (χ3n) is 4.08. The van der Waals surface area contributed by atoms with Crippen LogP contribution in [0.4, 0.5) is 4.39 Å². The molecule has 1 aliphatic heterocycles. The Bertz CT molecular complexity index is 902. The second-order valence-corrected chi connectivity index (χ2v) is 6.92. The van der Waals surface area contributed by atoms with Gasteiger partial charge in [0.1, 0.15) is 11.6 Å². The van der Waals surface area contributed by atoms with Crippen molar-refractivity contribution in [3.63, 3.8) is 0 Å². The van der Waals surface area contributed by atoms with Crippen molar-refractivity contribution in [3.8, 4) is 17.4 Å². The Morgan fingerprint density at radius 3 is 2.58 bits per heavy atom. The molecule has 2 aromatic rings. The molecule has 3 N–H and O–H groups in total. The van der Waals surface area contributed by atoms with Crippen molar-refractivity contribution in [2.24, 2.45) is 5.92 Å². The minimum Gasteiger partial charge on any atom is -0.488 e. The molecule has 0 aliphatic carbocycles. The third-order valence-corrected chi connectivity index (χ3v) is 4.37. The fraction of sp³-hybridized carbons (Fsp3) is 0.286. The number of benzene rings is 1. The summed E-state index contributed by atoms with van der Waals surface area (Å²) in [7, 11) is 0. The van der Waals surface area contributed by atoms with E-state index in [4.69, 9.17) is 31.3 Å². The van der Waals surface area contributed by atoms with Gasteiger partial charge in [-0.3, -0.25) is 0 Å². The molecule has 2 heterocycles. The molecule has 1 fully saturated rings. The van der Waals surface area contributed by atoms with Crippen molar-refractivity contribution >= 4 is 23.5 Å². The number of rotatable bonds is 7. The lowest BCUT2D eigenvalue weighted by molar-refractivity contribution is -0.134. The number of aromatic nitrogens is 1. The van der Waals surface area contributed by atoms with Gasteiger partial charge in [0.05, 0.1) is 11.6 Å². The quantitative estimate of drug-likeness (QED) is 0.543. The van der Waals surface area contributed by atoms with Crippen molar-refractivity contribution in [1.82, 2.24) is 10.3 Å². The molecule has 10 heteroatoms. The Kier molecular flexibility index (Phi) is 9.73. The van der Waals surface area contributed by atoms with Crippen molar-refractivity contribution in [2.75, 3.05) is 19.7 Å². The first-order chi connectivity index (χ1) is 14.8. The van der Waals surface area contributed by atoms with Crippen LogP contribution in [0, 0.1) is 11.7 Å². The maximum atomic E-state index is 13.1. The van der Waals surface area contributed by atoms with Crippen molar-refractivity contribution in [2.45, 2.75) is 12.8 Å². The number of ether oxygens (including phenoxy) is 2. The summed E-state index contributed by atoms with van der Waals surface area (Å²) in [5.41, 5.74) is 0. The van der Waals surface area contributed by atoms with Crippen LogP contribution in [0.2, 0.25) is 5.02 Å². The minimum absolute atomic E-state index is 0.193. The first-order valence-electron chi connectivity index (χ1n) is 9.40. The molecule has 1 aromatic heterocycles. The van der Waals surface area contributed by atoms with Crippen LogP contribution in [0.25, 0.3) is 0 Å². The molecule has 166 valence electrons. The standard InChI is InChI=1S/C17H18ClFN2O2.C4H4O4/c18-14-9-13(19)5-6-15(14)23-17-16(4-2-8-21-17)22-11-12-3-1-7-20-10-12;5-3(6)1-2-4(7)8/h2,4-6,8-9,12,20H,1,3,7,10-11H2;1-2H,(H,5,6)(H,7,8)/b;2-1+/t12-;/m0./s1. The number of hydrogen-bond donors (Lipinski definition) is 3. The van der Waals surface area contributed by atoms with Crippen molar-refractivity contribution < 1.29 is 33.7 Å². The first-order valence-corrected chi connectivity index (χ1v) is 9.78. The van der Waals surface area contributed by atoms with E-state index in [2.05, 4.69) is 10.3 Å². The predicted molar refractivity (Wildman–Crippen MR) is 111 cm³/mol. The fourth-order valence-corrected chi connectivity index (χ4v) is 2.85. The molecular formula is C21H22ClFN2O6. The van der Waals surface area contributed by atoms with Crippen molar-refractivity contribution in [3.05, 3.63) is 59.5 Å². The van der Waals surface area contributed by atoms with Crippen LogP contribution in [-0.2, 0) is 9.59 Å². The summed E-state index contributed by atoms with van der Waals surface area (Å²) in [4.78, 5) is 23.3. The molecular weight excluding hydrogens is 431 g/mol. The Hall–Kier alpha value is -3.17. The van der Waals surface area contributed by atoms with Gasteiger partial charge in [0.2, 0.25) is 0 Å². The van der Waals surface area contributed by atoms with Gasteiger partial charge < -0.3 is 25.0 Å². The lowest BCUT2D eigenvalue weighted by Gasteiger charge is -2.23. The van der Waals surface area contributed by atoms with E-state index >= 15 is 0 Å². The van der Waals surface area contributed by atoms with E-state index in [0.717, 1.165) is 25.9 Å². The summed E-state index contributed by atoms with van der Waals surface area (Å²) in [6.45, 7) is 2.63. The van der Waals surface area contributed by atoms with Gasteiger partial charge >= 0.3 is 11.9 Å². The number of aliphatic carboxylic acids is 2. The van der Waals surface area contributed by atoms with E-state index in [9.17, 15) is 14.0 Å². The average Bonchev–Trinajstić information content (AvgIpc) is 2.75. The van der Waals surface area contributed by atoms with Gasteiger partial charge in [0, 0.05) is 30.8 Å². The number of piperidine rings is 1. The molecule has 1 aliphatic rings. The van der Waals surface area contributed by atoms with Crippen LogP contribution >= 0.6 is 11.6 Å². The van der Waals surface area contributed by atoms with E-state index in [1.54, 1.807) is 18.3 Å². The number of pyridine rings is 1. The normalized spacial score (nSPS) is 15.6. The highest BCUT2D eigenvalue weighted by atomic mass is 35.5. The number of nitrogens with zero attached hydrogens (tertiary/aromatic N) is 1. The van der Waals surface area contributed by atoms with E-state index in [1.165, 1.54) is 18.2 Å². The first kappa shape index (κ1) is 24.1. The molecule has 0 bridgehead atoms. The smallest absolute Gasteiger partial charge is 0.328 e. The third kappa shape index (κ3) is 9.02. The predicted octanol–water partition coefficient (Wildman–Crippen LogP) is 3.76. The average molecular weight is 453 g/mol. The molecule has 1 atom stereocenters. The number of carboxylic acid groups (broad SMARTS) is 2. The highest BCUT2D eigenvalue weighted by Crippen LogP contribution is 2.33. The maximum Gasteiger partial charge on any atom is 0.328 e. The second kappa shape index (κ2) is 12.5. The van der Waals surface area contributed by atoms with E-state index in [-0.39, 0.29) is 5.02 Å². The van der Waals surface area contributed by atoms with Crippen LogP contribution in [0.1, 0.15) is 12.8 Å². The monoisotopic (exact) mass is 452 g/mol. The van der Waals surface area contributed by atoms with Crippen molar-refractivity contribution in [1.29, 1.82) is 0 Å². The van der Waals surface area contributed by atoms with Crippen LogP contribution in [0.3, 0.4) is 0 Å². The zero-order valence-corrected chi connectivity index (χ0v) is 17.2. The number of carbonyl (C=O) groups is 2. The van der Waals surface area contributed by atoms with Crippen LogP contribution in [-0.4, -0.2) is 46.8 Å². The SMILES string of the molecule is Fc1ccc(Oc2ncccc2OC[C@H]2CCCNC2)c(Cl)c1.O=C(O)/C=C/C(=O)O. The van der Waals surface area contributed by atoms with Crippen LogP contribution in [0.15, 0.2) is 48.7 Å². The molecule has 0 radical (unpaired) electrons. The number of halogens is 2. The highest BCUT2D eigenvalue weighted by molar-refractivity contribution is 6.32. The van der Waals surface area contributed by atoms with Gasteiger partial charge in [-0.1, -0.05) is 11.6 Å². The molecule has 3 rings (SSSR count). The Balaban J connectivity index is 0.000000366. The Morgan fingerprint density at radius 1 is 1.23 bits per heavy atom. The summed E-state index contributed by atoms with van der Waals surface area (Å²) in [5, 5.41) is 19.2. The lowest BCUT2D eigenvalue weighted by atomic mass is 10.0. The zero-order valence-electron chi connectivity index (χ0n) is 16.5.